The summed E-state index contributed by atoms with van der Waals surface area (Å²) >= 11 is 1.53. The number of carbonyl (C=O) groups is 2. The molecular formula is C26H30FN3O4S2. The number of nitrogens with zero attached hydrogens (tertiary/aromatic N) is 2. The van der Waals surface area contributed by atoms with Crippen molar-refractivity contribution in [3.05, 3.63) is 81.8 Å². The maximum atomic E-state index is 13.5. The van der Waals surface area contributed by atoms with Crippen molar-refractivity contribution < 1.29 is 22.4 Å². The molecule has 1 N–H and O–H groups in total. The van der Waals surface area contributed by atoms with Crippen LogP contribution in [-0.4, -0.2) is 42.0 Å². The van der Waals surface area contributed by atoms with Gasteiger partial charge in [0.2, 0.25) is 21.8 Å². The third-order valence-electron chi connectivity index (χ3n) is 5.59. The molecule has 2 aromatic carbocycles. The van der Waals surface area contributed by atoms with Gasteiger partial charge in [-0.2, -0.15) is 4.31 Å². The van der Waals surface area contributed by atoms with E-state index in [1.165, 1.54) is 59.0 Å². The largest absolute Gasteiger partial charge is 0.332 e. The van der Waals surface area contributed by atoms with Crippen molar-refractivity contribution in [2.45, 2.75) is 51.7 Å². The fourth-order valence-corrected chi connectivity index (χ4v) is 6.12. The average Bonchev–Trinajstić information content (AvgIpc) is 3.22. The van der Waals surface area contributed by atoms with Crippen LogP contribution in [0, 0.1) is 12.7 Å². The second-order valence-electron chi connectivity index (χ2n) is 8.75. The first-order chi connectivity index (χ1) is 17.0. The Hall–Kier alpha value is -3.08. The Morgan fingerprint density at radius 3 is 2.17 bits per heavy atom. The molecule has 0 aliphatic heterocycles. The van der Waals surface area contributed by atoms with Crippen molar-refractivity contribution in [2.24, 2.45) is 0 Å². The number of hydrogen-bond acceptors (Lipinski definition) is 5. The van der Waals surface area contributed by atoms with Gasteiger partial charge in [0.15, 0.2) is 0 Å². The Bertz CT molecular complexity index is 1300. The monoisotopic (exact) mass is 531 g/mol. The lowest BCUT2D eigenvalue weighted by atomic mass is 10.2. The molecule has 0 saturated heterocycles. The van der Waals surface area contributed by atoms with Gasteiger partial charge in [0.05, 0.1) is 18.0 Å². The van der Waals surface area contributed by atoms with Gasteiger partial charge in [-0.25, -0.2) is 12.8 Å². The first-order valence-electron chi connectivity index (χ1n) is 11.4. The molecule has 0 unspecified atom stereocenters. The number of hydrogen-bond donors (Lipinski definition) is 1. The van der Waals surface area contributed by atoms with Crippen molar-refractivity contribution in [3.63, 3.8) is 0 Å². The molecule has 0 aliphatic rings. The van der Waals surface area contributed by atoms with Crippen LogP contribution in [0.2, 0.25) is 0 Å². The average molecular weight is 532 g/mol. The van der Waals surface area contributed by atoms with Crippen molar-refractivity contribution in [1.82, 2.24) is 9.21 Å². The number of aryl methyl sites for hydroxylation is 1. The topological polar surface area (TPSA) is 86.8 Å². The highest BCUT2D eigenvalue weighted by atomic mass is 32.2. The number of halogens is 1. The number of rotatable bonds is 10. The van der Waals surface area contributed by atoms with Gasteiger partial charge in [-0.15, -0.1) is 11.3 Å². The smallest absolute Gasteiger partial charge is 0.243 e. The van der Waals surface area contributed by atoms with E-state index in [4.69, 9.17) is 0 Å². The van der Waals surface area contributed by atoms with Gasteiger partial charge in [-0.05, 0) is 79.7 Å². The zero-order valence-corrected chi connectivity index (χ0v) is 22.3. The van der Waals surface area contributed by atoms with E-state index in [0.717, 1.165) is 16.0 Å². The number of amides is 2. The summed E-state index contributed by atoms with van der Waals surface area (Å²) in [4.78, 5) is 27.4. The highest BCUT2D eigenvalue weighted by Gasteiger charge is 2.31. The van der Waals surface area contributed by atoms with Crippen molar-refractivity contribution in [2.75, 3.05) is 11.9 Å². The van der Waals surface area contributed by atoms with Crippen LogP contribution >= 0.6 is 11.3 Å². The highest BCUT2D eigenvalue weighted by molar-refractivity contribution is 7.89. The van der Waals surface area contributed by atoms with Crippen LogP contribution in [0.3, 0.4) is 0 Å². The Kier molecular flexibility index (Phi) is 8.99. The highest BCUT2D eigenvalue weighted by Crippen LogP contribution is 2.23. The first-order valence-corrected chi connectivity index (χ1v) is 13.7. The molecule has 3 rings (SSSR count). The molecule has 0 fully saturated rings. The van der Waals surface area contributed by atoms with E-state index < -0.39 is 16.1 Å². The van der Waals surface area contributed by atoms with Gasteiger partial charge in [0.25, 0.3) is 0 Å². The van der Waals surface area contributed by atoms with E-state index in [1.807, 2.05) is 18.4 Å². The van der Waals surface area contributed by atoms with Gasteiger partial charge in [0, 0.05) is 30.1 Å². The molecule has 3 aromatic rings. The Morgan fingerprint density at radius 1 is 1.00 bits per heavy atom. The lowest BCUT2D eigenvalue weighted by Crippen LogP contribution is -2.45. The Morgan fingerprint density at radius 2 is 1.64 bits per heavy atom. The molecule has 2 amide bonds. The van der Waals surface area contributed by atoms with Crippen molar-refractivity contribution in [3.8, 4) is 0 Å². The van der Waals surface area contributed by atoms with Gasteiger partial charge < -0.3 is 10.2 Å². The first kappa shape index (κ1) is 27.5. The second kappa shape index (κ2) is 11.8. The molecule has 0 atom stereocenters. The molecule has 0 aliphatic carbocycles. The van der Waals surface area contributed by atoms with E-state index in [0.29, 0.717) is 12.2 Å². The predicted octanol–water partition coefficient (Wildman–Crippen LogP) is 4.78. The summed E-state index contributed by atoms with van der Waals surface area (Å²) in [7, 11) is -4.00. The molecule has 192 valence electrons. The van der Waals surface area contributed by atoms with Crippen LogP contribution in [0.15, 0.2) is 64.9 Å². The molecule has 7 nitrogen and oxygen atoms in total. The van der Waals surface area contributed by atoms with E-state index in [9.17, 15) is 22.4 Å². The van der Waals surface area contributed by atoms with Crippen molar-refractivity contribution in [1.29, 1.82) is 0 Å². The molecule has 0 saturated carbocycles. The molecule has 36 heavy (non-hydrogen) atoms. The predicted molar refractivity (Wildman–Crippen MR) is 139 cm³/mol. The minimum absolute atomic E-state index is 0.0253. The van der Waals surface area contributed by atoms with Crippen LogP contribution in [0.1, 0.15) is 36.8 Å². The maximum absolute atomic E-state index is 13.5. The van der Waals surface area contributed by atoms with Gasteiger partial charge in [0.1, 0.15) is 5.82 Å². The summed E-state index contributed by atoms with van der Waals surface area (Å²) < 4.78 is 41.5. The van der Waals surface area contributed by atoms with Crippen molar-refractivity contribution >= 4 is 38.9 Å². The zero-order valence-electron chi connectivity index (χ0n) is 20.7. The molecule has 0 radical (unpaired) electrons. The molecule has 1 heterocycles. The molecule has 10 heteroatoms. The fraction of sp³-hybridized carbons (Fsp3) is 0.308. The van der Waals surface area contributed by atoms with E-state index in [1.54, 1.807) is 30.9 Å². The zero-order chi connectivity index (χ0) is 26.5. The van der Waals surface area contributed by atoms with Crippen LogP contribution in [0.4, 0.5) is 10.1 Å². The number of benzene rings is 2. The number of sulfonamides is 1. The quantitative estimate of drug-likeness (QED) is 0.408. The standard InChI is InChI=1S/C26H30FN3O4S2/c1-18(2)30(36(33,34)24-11-9-23(10-12-24)28-20(4)31)17-26(32)29(16-25-19(3)13-14-35-25)15-21-5-7-22(27)8-6-21/h5-14,18H,15-17H2,1-4H3,(H,28,31). The van der Waals surface area contributed by atoms with Gasteiger partial charge in [-0.3, -0.25) is 9.59 Å². The minimum Gasteiger partial charge on any atom is -0.332 e. The molecular weight excluding hydrogens is 501 g/mol. The lowest BCUT2D eigenvalue weighted by molar-refractivity contribution is -0.132. The summed E-state index contributed by atoms with van der Waals surface area (Å²) in [5.41, 5.74) is 2.27. The Balaban J connectivity index is 1.86. The summed E-state index contributed by atoms with van der Waals surface area (Å²) in [6.45, 7) is 6.94. The molecule has 0 bridgehead atoms. The SMILES string of the molecule is CC(=O)Nc1ccc(S(=O)(=O)N(CC(=O)N(Cc2ccc(F)cc2)Cc2sccc2C)C(C)C)cc1. The Labute approximate surface area is 215 Å². The number of thiophene rings is 1. The van der Waals surface area contributed by atoms with E-state index in [-0.39, 0.29) is 35.6 Å². The second-order valence-corrected chi connectivity index (χ2v) is 11.6. The van der Waals surface area contributed by atoms with Crippen LogP contribution in [0.25, 0.3) is 0 Å². The maximum Gasteiger partial charge on any atom is 0.243 e. The van der Waals surface area contributed by atoms with Gasteiger partial charge >= 0.3 is 0 Å². The van der Waals surface area contributed by atoms with Crippen LogP contribution in [0.5, 0.6) is 0 Å². The third kappa shape index (κ3) is 6.99. The molecule has 1 aromatic heterocycles. The third-order valence-corrected chi connectivity index (χ3v) is 8.63. The normalized spacial score (nSPS) is 11.6. The summed E-state index contributed by atoms with van der Waals surface area (Å²) in [5.74, 6) is -0.992. The fourth-order valence-electron chi connectivity index (χ4n) is 3.61. The lowest BCUT2D eigenvalue weighted by Gasteiger charge is -2.29. The van der Waals surface area contributed by atoms with Crippen LogP contribution < -0.4 is 5.32 Å². The van der Waals surface area contributed by atoms with Crippen LogP contribution in [-0.2, 0) is 32.7 Å². The number of anilines is 1. The summed E-state index contributed by atoms with van der Waals surface area (Å²) in [6, 6.07) is 13.2. The summed E-state index contributed by atoms with van der Waals surface area (Å²) in [5, 5.41) is 4.55. The summed E-state index contributed by atoms with van der Waals surface area (Å²) in [6.07, 6.45) is 0. The van der Waals surface area contributed by atoms with Gasteiger partial charge in [-0.1, -0.05) is 12.1 Å². The van der Waals surface area contributed by atoms with E-state index >= 15 is 0 Å². The number of nitrogens with one attached hydrogen (secondary N) is 1. The van der Waals surface area contributed by atoms with E-state index in [2.05, 4.69) is 5.32 Å². The molecule has 0 spiro atoms. The number of carbonyl (C=O) groups excluding carboxylic acids is 2. The minimum atomic E-state index is -4.00.